The number of benzene rings is 2. The van der Waals surface area contributed by atoms with Gasteiger partial charge in [-0.25, -0.2) is 0 Å². The molecule has 31 heavy (non-hydrogen) atoms. The topological polar surface area (TPSA) is 67.4 Å². The second-order valence-electron chi connectivity index (χ2n) is 6.76. The van der Waals surface area contributed by atoms with Crippen molar-refractivity contribution in [2.24, 2.45) is 4.99 Å². The molecule has 0 aliphatic rings. The molecule has 0 amide bonds. The molecular formula is C23H35IN4O3. The van der Waals surface area contributed by atoms with E-state index in [4.69, 9.17) is 14.2 Å². The molecule has 2 N–H and O–H groups in total. The van der Waals surface area contributed by atoms with Crippen LogP contribution in [-0.4, -0.2) is 54.0 Å². The van der Waals surface area contributed by atoms with Crippen molar-refractivity contribution >= 4 is 35.6 Å². The maximum absolute atomic E-state index is 5.55. The lowest BCUT2D eigenvalue weighted by Gasteiger charge is -2.24. The zero-order valence-electron chi connectivity index (χ0n) is 19.3. The highest BCUT2D eigenvalue weighted by atomic mass is 127. The Labute approximate surface area is 203 Å². The Morgan fingerprint density at radius 3 is 2.32 bits per heavy atom. The van der Waals surface area contributed by atoms with Gasteiger partial charge in [0.2, 0.25) is 5.75 Å². The monoisotopic (exact) mass is 542 g/mol. The highest BCUT2D eigenvalue weighted by Gasteiger charge is 2.16. The minimum atomic E-state index is 0. The molecule has 0 heterocycles. The number of rotatable bonds is 10. The largest absolute Gasteiger partial charge is 0.493 e. The minimum absolute atomic E-state index is 0. The normalized spacial score (nSPS) is 10.7. The van der Waals surface area contributed by atoms with Crippen LogP contribution in [0.4, 0.5) is 5.69 Å². The Kier molecular flexibility index (Phi) is 11.9. The lowest BCUT2D eigenvalue weighted by Crippen LogP contribution is -2.41. The second-order valence-corrected chi connectivity index (χ2v) is 6.76. The van der Waals surface area contributed by atoms with Crippen LogP contribution in [0.2, 0.25) is 0 Å². The average Bonchev–Trinajstić information content (AvgIpc) is 2.77. The first kappa shape index (κ1) is 26.7. The van der Waals surface area contributed by atoms with E-state index in [-0.39, 0.29) is 24.0 Å². The van der Waals surface area contributed by atoms with E-state index in [2.05, 4.69) is 58.6 Å². The predicted octanol–water partition coefficient (Wildman–Crippen LogP) is 3.83. The van der Waals surface area contributed by atoms with Crippen LogP contribution in [0.25, 0.3) is 0 Å². The molecule has 0 unspecified atom stereocenters. The number of aliphatic imine (C=N–C) groups is 1. The third-order valence-electron chi connectivity index (χ3n) is 4.88. The van der Waals surface area contributed by atoms with Crippen LogP contribution in [0, 0.1) is 6.92 Å². The van der Waals surface area contributed by atoms with E-state index in [0.29, 0.717) is 23.8 Å². The third-order valence-corrected chi connectivity index (χ3v) is 4.88. The number of nitrogens with zero attached hydrogens (tertiary/aromatic N) is 2. The molecule has 0 aliphatic heterocycles. The summed E-state index contributed by atoms with van der Waals surface area (Å²) < 4.78 is 16.4. The van der Waals surface area contributed by atoms with Crippen LogP contribution in [0.1, 0.15) is 18.1 Å². The maximum Gasteiger partial charge on any atom is 0.203 e. The number of halogens is 1. The van der Waals surface area contributed by atoms with Crippen molar-refractivity contribution in [3.8, 4) is 17.2 Å². The van der Waals surface area contributed by atoms with Gasteiger partial charge in [-0.05, 0) is 43.7 Å². The van der Waals surface area contributed by atoms with E-state index in [9.17, 15) is 0 Å². The summed E-state index contributed by atoms with van der Waals surface area (Å²) in [5, 5.41) is 6.71. The summed E-state index contributed by atoms with van der Waals surface area (Å²) in [6, 6.07) is 12.4. The minimum Gasteiger partial charge on any atom is -0.493 e. The van der Waals surface area contributed by atoms with Gasteiger partial charge < -0.3 is 29.7 Å². The van der Waals surface area contributed by atoms with Gasteiger partial charge in [-0.15, -0.1) is 24.0 Å². The van der Waals surface area contributed by atoms with Gasteiger partial charge in [-0.3, -0.25) is 4.99 Å². The van der Waals surface area contributed by atoms with Gasteiger partial charge in [0.15, 0.2) is 17.5 Å². The third kappa shape index (κ3) is 7.37. The Morgan fingerprint density at radius 1 is 1.00 bits per heavy atom. The van der Waals surface area contributed by atoms with E-state index >= 15 is 0 Å². The molecule has 0 radical (unpaired) electrons. The molecule has 7 nitrogen and oxygen atoms in total. The lowest BCUT2D eigenvalue weighted by atomic mass is 10.1. The fourth-order valence-corrected chi connectivity index (χ4v) is 3.31. The molecule has 172 valence electrons. The van der Waals surface area contributed by atoms with Crippen molar-refractivity contribution in [3.05, 3.63) is 47.5 Å². The quantitative estimate of drug-likeness (QED) is 0.270. The van der Waals surface area contributed by atoms with Gasteiger partial charge >= 0.3 is 0 Å². The van der Waals surface area contributed by atoms with E-state index in [1.165, 1.54) is 11.3 Å². The summed E-state index contributed by atoms with van der Waals surface area (Å²) >= 11 is 0. The fraction of sp³-hybridized carbons (Fsp3) is 0.435. The van der Waals surface area contributed by atoms with Crippen LogP contribution in [0.15, 0.2) is 41.4 Å². The smallest absolute Gasteiger partial charge is 0.203 e. The molecule has 0 atom stereocenters. The molecule has 0 saturated carbocycles. The molecule has 0 saturated heterocycles. The molecule has 8 heteroatoms. The van der Waals surface area contributed by atoms with Gasteiger partial charge in [0, 0.05) is 44.5 Å². The van der Waals surface area contributed by atoms with Crippen molar-refractivity contribution in [1.29, 1.82) is 0 Å². The standard InChI is InChI=1S/C23H34N4O3.HI/c1-7-27(19-10-8-9-17(2)15-19)14-13-25-23(24-3)26-16-18-11-12-20(28-4)22(30-6)21(18)29-5;/h8-12,15H,7,13-14,16H2,1-6H3,(H2,24,25,26);1H. The maximum atomic E-state index is 5.55. The Bertz CT molecular complexity index is 846. The summed E-state index contributed by atoms with van der Waals surface area (Å²) in [5.74, 6) is 2.60. The number of hydrogen-bond acceptors (Lipinski definition) is 5. The molecule has 0 spiro atoms. The highest BCUT2D eigenvalue weighted by molar-refractivity contribution is 14.0. The predicted molar refractivity (Wildman–Crippen MR) is 139 cm³/mol. The second kappa shape index (κ2) is 13.8. The SMILES string of the molecule is CCN(CCNC(=NC)NCc1ccc(OC)c(OC)c1OC)c1cccc(C)c1.I. The molecular weight excluding hydrogens is 507 g/mol. The van der Waals surface area contributed by atoms with Crippen molar-refractivity contribution in [3.63, 3.8) is 0 Å². The van der Waals surface area contributed by atoms with Crippen LogP contribution in [-0.2, 0) is 6.54 Å². The molecule has 2 aromatic rings. The van der Waals surface area contributed by atoms with Crippen molar-refractivity contribution in [2.45, 2.75) is 20.4 Å². The van der Waals surface area contributed by atoms with Crippen molar-refractivity contribution in [2.75, 3.05) is 52.9 Å². The van der Waals surface area contributed by atoms with E-state index < -0.39 is 0 Å². The number of aryl methyl sites for hydroxylation is 1. The Morgan fingerprint density at radius 2 is 1.74 bits per heavy atom. The average molecular weight is 542 g/mol. The number of nitrogens with one attached hydrogen (secondary N) is 2. The summed E-state index contributed by atoms with van der Waals surface area (Å²) in [4.78, 5) is 6.66. The van der Waals surface area contributed by atoms with Crippen LogP contribution in [0.5, 0.6) is 17.2 Å². The lowest BCUT2D eigenvalue weighted by molar-refractivity contribution is 0.322. The Hall–Kier alpha value is -2.36. The number of hydrogen-bond donors (Lipinski definition) is 2. The number of ether oxygens (including phenoxy) is 3. The van der Waals surface area contributed by atoms with Crippen LogP contribution in [0.3, 0.4) is 0 Å². The first-order valence-corrected chi connectivity index (χ1v) is 10.1. The Balaban J connectivity index is 0.00000480. The highest BCUT2D eigenvalue weighted by Crippen LogP contribution is 2.39. The molecule has 0 fully saturated rings. The van der Waals surface area contributed by atoms with Crippen LogP contribution >= 0.6 is 24.0 Å². The number of methoxy groups -OCH3 is 3. The number of guanidine groups is 1. The summed E-state index contributed by atoms with van der Waals surface area (Å²) in [6.07, 6.45) is 0. The number of anilines is 1. The summed E-state index contributed by atoms with van der Waals surface area (Å²) in [5.41, 5.74) is 3.45. The van der Waals surface area contributed by atoms with Crippen molar-refractivity contribution in [1.82, 2.24) is 10.6 Å². The van der Waals surface area contributed by atoms with Gasteiger partial charge in [-0.2, -0.15) is 0 Å². The van der Waals surface area contributed by atoms with Gasteiger partial charge in [0.1, 0.15) is 0 Å². The van der Waals surface area contributed by atoms with E-state index in [0.717, 1.165) is 31.2 Å². The summed E-state index contributed by atoms with van der Waals surface area (Å²) in [7, 11) is 6.60. The first-order valence-electron chi connectivity index (χ1n) is 10.1. The number of likely N-dealkylation sites (N-methyl/N-ethyl adjacent to an activating group) is 1. The molecule has 0 aromatic heterocycles. The van der Waals surface area contributed by atoms with Crippen molar-refractivity contribution < 1.29 is 14.2 Å². The molecule has 2 rings (SSSR count). The summed E-state index contributed by atoms with van der Waals surface area (Å²) in [6.45, 7) is 7.41. The van der Waals surface area contributed by atoms with Gasteiger partial charge in [0.25, 0.3) is 0 Å². The zero-order valence-corrected chi connectivity index (χ0v) is 21.7. The molecule has 0 bridgehead atoms. The van der Waals surface area contributed by atoms with Gasteiger partial charge in [-0.1, -0.05) is 12.1 Å². The zero-order chi connectivity index (χ0) is 21.9. The fourth-order valence-electron chi connectivity index (χ4n) is 3.31. The van der Waals surface area contributed by atoms with E-state index in [1.54, 1.807) is 28.4 Å². The first-order chi connectivity index (χ1) is 14.6. The van der Waals surface area contributed by atoms with Crippen LogP contribution < -0.4 is 29.7 Å². The molecule has 0 aliphatic carbocycles. The molecule has 2 aromatic carbocycles. The van der Waals surface area contributed by atoms with Gasteiger partial charge in [0.05, 0.1) is 21.3 Å². The van der Waals surface area contributed by atoms with E-state index in [1.807, 2.05) is 12.1 Å².